The van der Waals surface area contributed by atoms with Crippen molar-refractivity contribution in [2.24, 2.45) is 0 Å². The monoisotopic (exact) mass is 284 g/mol. The van der Waals surface area contributed by atoms with E-state index in [0.29, 0.717) is 13.1 Å². The normalized spacial score (nSPS) is 10.3. The van der Waals surface area contributed by atoms with Crippen LogP contribution in [0.4, 0.5) is 4.79 Å². The van der Waals surface area contributed by atoms with Gasteiger partial charge in [-0.2, -0.15) is 0 Å². The molecule has 1 aromatic heterocycles. The fraction of sp³-hybridized carbons (Fsp3) is 0.538. The van der Waals surface area contributed by atoms with Gasteiger partial charge in [-0.1, -0.05) is 6.92 Å². The van der Waals surface area contributed by atoms with Crippen LogP contribution >= 0.6 is 11.3 Å². The number of carbonyl (C=O) groups excluding carboxylic acids is 1. The van der Waals surface area contributed by atoms with E-state index in [4.69, 9.17) is 5.11 Å². The molecule has 2 N–H and O–H groups in total. The molecule has 0 aromatic carbocycles. The summed E-state index contributed by atoms with van der Waals surface area (Å²) < 4.78 is 0. The smallest absolute Gasteiger partial charge is 0.323 e. The SMILES string of the molecule is CCCN(CC(=O)O)C(=O)NCc1cc(C)c(C)s1. The molecule has 0 radical (unpaired) electrons. The Morgan fingerprint density at radius 1 is 1.42 bits per heavy atom. The number of nitrogens with one attached hydrogen (secondary N) is 1. The summed E-state index contributed by atoms with van der Waals surface area (Å²) in [5.41, 5.74) is 1.21. The summed E-state index contributed by atoms with van der Waals surface area (Å²) in [5, 5.41) is 11.5. The van der Waals surface area contributed by atoms with Gasteiger partial charge in [0.1, 0.15) is 6.54 Å². The molecule has 0 fully saturated rings. The Morgan fingerprint density at radius 2 is 2.11 bits per heavy atom. The van der Waals surface area contributed by atoms with Crippen molar-refractivity contribution in [3.05, 3.63) is 21.4 Å². The molecule has 0 saturated heterocycles. The van der Waals surface area contributed by atoms with Crippen molar-refractivity contribution >= 4 is 23.3 Å². The molecule has 0 spiro atoms. The summed E-state index contributed by atoms with van der Waals surface area (Å²) in [6.45, 7) is 6.61. The van der Waals surface area contributed by atoms with Gasteiger partial charge in [-0.25, -0.2) is 4.79 Å². The molecule has 1 heterocycles. The number of rotatable bonds is 6. The molecule has 6 heteroatoms. The molecule has 0 saturated carbocycles. The number of hydrogen-bond acceptors (Lipinski definition) is 3. The number of nitrogens with zero attached hydrogens (tertiary/aromatic N) is 1. The van der Waals surface area contributed by atoms with Crippen LogP contribution < -0.4 is 5.32 Å². The Morgan fingerprint density at radius 3 is 2.58 bits per heavy atom. The first-order valence-electron chi connectivity index (χ1n) is 6.24. The maximum atomic E-state index is 11.9. The van der Waals surface area contributed by atoms with Gasteiger partial charge in [0.15, 0.2) is 0 Å². The van der Waals surface area contributed by atoms with Crippen molar-refractivity contribution in [3.63, 3.8) is 0 Å². The second-order valence-electron chi connectivity index (χ2n) is 4.43. The summed E-state index contributed by atoms with van der Waals surface area (Å²) in [6, 6.07) is 1.72. The third-order valence-electron chi connectivity index (χ3n) is 2.74. The average Bonchev–Trinajstić information content (AvgIpc) is 2.65. The highest BCUT2D eigenvalue weighted by Crippen LogP contribution is 2.20. The molecule has 106 valence electrons. The number of aliphatic carboxylic acids is 1. The standard InChI is InChI=1S/C13H20N2O3S/c1-4-5-15(8-12(16)17)13(18)14-7-11-6-9(2)10(3)19-11/h6H,4-5,7-8H2,1-3H3,(H,14,18)(H,16,17). The Bertz CT molecular complexity index is 437. The first kappa shape index (κ1) is 15.5. The summed E-state index contributed by atoms with van der Waals surface area (Å²) in [4.78, 5) is 26.2. The molecule has 0 unspecified atom stereocenters. The highest BCUT2D eigenvalue weighted by molar-refractivity contribution is 7.12. The molecule has 19 heavy (non-hydrogen) atoms. The molecule has 0 bridgehead atoms. The topological polar surface area (TPSA) is 69.6 Å². The summed E-state index contributed by atoms with van der Waals surface area (Å²) in [7, 11) is 0. The van der Waals surface area contributed by atoms with Gasteiger partial charge in [-0.05, 0) is 31.9 Å². The zero-order valence-electron chi connectivity index (χ0n) is 11.5. The Kier molecular flexibility index (Phi) is 5.82. The van der Waals surface area contributed by atoms with Gasteiger partial charge in [-0.15, -0.1) is 11.3 Å². The number of hydrogen-bond donors (Lipinski definition) is 2. The van der Waals surface area contributed by atoms with Crippen LogP contribution in [-0.2, 0) is 11.3 Å². The van der Waals surface area contributed by atoms with Gasteiger partial charge in [0, 0.05) is 16.3 Å². The van der Waals surface area contributed by atoms with Crippen LogP contribution in [-0.4, -0.2) is 35.1 Å². The summed E-state index contributed by atoms with van der Waals surface area (Å²) in [6.07, 6.45) is 0.734. The lowest BCUT2D eigenvalue weighted by atomic mass is 10.3. The fourth-order valence-corrected chi connectivity index (χ4v) is 2.69. The van der Waals surface area contributed by atoms with Gasteiger partial charge < -0.3 is 15.3 Å². The fourth-order valence-electron chi connectivity index (χ4n) is 1.70. The van der Waals surface area contributed by atoms with E-state index >= 15 is 0 Å². The third-order valence-corrected chi connectivity index (χ3v) is 3.89. The molecule has 0 aliphatic carbocycles. The molecule has 5 nitrogen and oxygen atoms in total. The van der Waals surface area contributed by atoms with E-state index < -0.39 is 5.97 Å². The second-order valence-corrected chi connectivity index (χ2v) is 5.77. The molecular weight excluding hydrogens is 264 g/mol. The minimum absolute atomic E-state index is 0.262. The molecule has 0 aliphatic heterocycles. The van der Waals surface area contributed by atoms with Gasteiger partial charge in [0.2, 0.25) is 0 Å². The van der Waals surface area contributed by atoms with Crippen molar-refractivity contribution < 1.29 is 14.7 Å². The maximum Gasteiger partial charge on any atom is 0.323 e. The number of carboxylic acids is 1. The van der Waals surface area contributed by atoms with E-state index in [0.717, 1.165) is 11.3 Å². The number of urea groups is 1. The largest absolute Gasteiger partial charge is 0.480 e. The van der Waals surface area contributed by atoms with Crippen LogP contribution in [0.3, 0.4) is 0 Å². The first-order valence-corrected chi connectivity index (χ1v) is 7.06. The molecule has 0 aliphatic rings. The molecule has 2 amide bonds. The second kappa shape index (κ2) is 7.13. The van der Waals surface area contributed by atoms with E-state index in [1.165, 1.54) is 15.3 Å². The quantitative estimate of drug-likeness (QED) is 0.842. The molecule has 1 aromatic rings. The predicted octanol–water partition coefficient (Wildman–Crippen LogP) is 2.37. The van der Waals surface area contributed by atoms with Gasteiger partial charge >= 0.3 is 12.0 Å². The van der Waals surface area contributed by atoms with E-state index in [-0.39, 0.29) is 12.6 Å². The number of carboxylic acid groups (broad SMARTS) is 1. The van der Waals surface area contributed by atoms with Crippen molar-refractivity contribution in [2.75, 3.05) is 13.1 Å². The maximum absolute atomic E-state index is 11.9. The Labute approximate surface area is 117 Å². The van der Waals surface area contributed by atoms with Crippen molar-refractivity contribution in [3.8, 4) is 0 Å². The summed E-state index contributed by atoms with van der Waals surface area (Å²) in [5.74, 6) is -0.994. The molecule has 0 atom stereocenters. The van der Waals surface area contributed by atoms with Crippen LogP contribution in [0.2, 0.25) is 0 Å². The third kappa shape index (κ3) is 4.90. The van der Waals surface area contributed by atoms with Crippen molar-refractivity contribution in [1.29, 1.82) is 0 Å². The van der Waals surface area contributed by atoms with Crippen LogP contribution in [0.25, 0.3) is 0 Å². The molecular formula is C13H20N2O3S. The summed E-state index contributed by atoms with van der Waals surface area (Å²) >= 11 is 1.65. The minimum atomic E-state index is -0.994. The number of amides is 2. The van der Waals surface area contributed by atoms with E-state index in [1.807, 2.05) is 26.8 Å². The number of carbonyl (C=O) groups is 2. The number of thiophene rings is 1. The zero-order valence-corrected chi connectivity index (χ0v) is 12.3. The van der Waals surface area contributed by atoms with E-state index in [2.05, 4.69) is 5.32 Å². The lowest BCUT2D eigenvalue weighted by Gasteiger charge is -2.20. The van der Waals surface area contributed by atoms with Crippen LogP contribution in [0, 0.1) is 13.8 Å². The average molecular weight is 284 g/mol. The van der Waals surface area contributed by atoms with Crippen molar-refractivity contribution in [1.82, 2.24) is 10.2 Å². The van der Waals surface area contributed by atoms with E-state index in [9.17, 15) is 9.59 Å². The highest BCUT2D eigenvalue weighted by Gasteiger charge is 2.15. The van der Waals surface area contributed by atoms with Crippen LogP contribution in [0.5, 0.6) is 0 Å². The Hall–Kier alpha value is -1.56. The minimum Gasteiger partial charge on any atom is -0.480 e. The van der Waals surface area contributed by atoms with Gasteiger partial charge in [0.05, 0.1) is 6.54 Å². The lowest BCUT2D eigenvalue weighted by Crippen LogP contribution is -2.42. The molecule has 1 rings (SSSR count). The van der Waals surface area contributed by atoms with Crippen LogP contribution in [0.1, 0.15) is 28.7 Å². The predicted molar refractivity (Wildman–Crippen MR) is 75.5 cm³/mol. The highest BCUT2D eigenvalue weighted by atomic mass is 32.1. The lowest BCUT2D eigenvalue weighted by molar-refractivity contribution is -0.137. The van der Waals surface area contributed by atoms with Crippen molar-refractivity contribution in [2.45, 2.75) is 33.7 Å². The first-order chi connectivity index (χ1) is 8.93. The number of aryl methyl sites for hydroxylation is 2. The van der Waals surface area contributed by atoms with Gasteiger partial charge in [-0.3, -0.25) is 4.79 Å². The Balaban J connectivity index is 2.54. The van der Waals surface area contributed by atoms with Gasteiger partial charge in [0.25, 0.3) is 0 Å². The zero-order chi connectivity index (χ0) is 14.4. The van der Waals surface area contributed by atoms with Crippen LogP contribution in [0.15, 0.2) is 6.07 Å². The van der Waals surface area contributed by atoms with E-state index in [1.54, 1.807) is 11.3 Å².